The van der Waals surface area contributed by atoms with Gasteiger partial charge in [0.25, 0.3) is 0 Å². The zero-order chi connectivity index (χ0) is 18.2. The molecule has 6 nitrogen and oxygen atoms in total. The Balaban J connectivity index is 1.35. The van der Waals surface area contributed by atoms with E-state index in [-0.39, 0.29) is 5.91 Å². The number of carbonyl (C=O) groups excluding carboxylic acids is 1. The number of methoxy groups -OCH3 is 1. The molecule has 136 valence electrons. The number of nitrogens with one attached hydrogen (secondary N) is 1. The Hall–Kier alpha value is -2.89. The van der Waals surface area contributed by atoms with Crippen LogP contribution < -0.4 is 10.1 Å². The molecule has 0 saturated carbocycles. The summed E-state index contributed by atoms with van der Waals surface area (Å²) in [5.74, 6) is 1.77. The first kappa shape index (κ1) is 17.9. The van der Waals surface area contributed by atoms with Crippen LogP contribution in [0.3, 0.4) is 0 Å². The highest BCUT2D eigenvalue weighted by Gasteiger charge is 2.08. The molecule has 0 unspecified atom stereocenters. The van der Waals surface area contributed by atoms with E-state index in [1.165, 1.54) is 0 Å². The molecule has 3 aromatic rings. The summed E-state index contributed by atoms with van der Waals surface area (Å²) < 4.78 is 7.30. The molecule has 2 aromatic heterocycles. The van der Waals surface area contributed by atoms with Gasteiger partial charge in [-0.15, -0.1) is 10.2 Å². The van der Waals surface area contributed by atoms with Crippen LogP contribution in [0, 0.1) is 0 Å². The maximum Gasteiger partial charge on any atom is 0.224 e. The molecule has 26 heavy (non-hydrogen) atoms. The van der Waals surface area contributed by atoms with Gasteiger partial charge < -0.3 is 10.1 Å². The Bertz CT molecular complexity index is 860. The molecular weight excluding hydrogens is 328 g/mol. The largest absolute Gasteiger partial charge is 0.496 e. The maximum atomic E-state index is 12.1. The minimum atomic E-state index is 0.0259. The summed E-state index contributed by atoms with van der Waals surface area (Å²) >= 11 is 0. The summed E-state index contributed by atoms with van der Waals surface area (Å²) in [5, 5.41) is 11.4. The van der Waals surface area contributed by atoms with Crippen LogP contribution in [-0.2, 0) is 17.6 Å². The summed E-state index contributed by atoms with van der Waals surface area (Å²) in [6.07, 6.45) is 6.24. The van der Waals surface area contributed by atoms with Gasteiger partial charge >= 0.3 is 0 Å². The predicted molar refractivity (Wildman–Crippen MR) is 100 cm³/mol. The standard InChI is InChI=1S/C20H24N4O2/c1-26-17-10-5-4-9-16(17)15-20(25)21-13-7-2-3-11-18-22-23-19-12-6-8-14-24(18)19/h4-6,8-10,12,14H,2-3,7,11,13,15H2,1H3,(H,21,25). The number of hydrogen-bond donors (Lipinski definition) is 1. The number of ether oxygens (including phenoxy) is 1. The lowest BCUT2D eigenvalue weighted by Crippen LogP contribution is -2.26. The van der Waals surface area contributed by atoms with Crippen molar-refractivity contribution in [2.24, 2.45) is 0 Å². The molecule has 0 aliphatic heterocycles. The van der Waals surface area contributed by atoms with Gasteiger partial charge in [-0.1, -0.05) is 30.7 Å². The van der Waals surface area contributed by atoms with Gasteiger partial charge in [0.05, 0.1) is 13.5 Å². The highest BCUT2D eigenvalue weighted by Crippen LogP contribution is 2.17. The number of nitrogens with zero attached hydrogens (tertiary/aromatic N) is 3. The number of unbranched alkanes of at least 4 members (excludes halogenated alkanes) is 2. The number of para-hydroxylation sites is 1. The first-order valence-electron chi connectivity index (χ1n) is 8.95. The fourth-order valence-electron chi connectivity index (χ4n) is 2.96. The lowest BCUT2D eigenvalue weighted by atomic mass is 10.1. The normalized spacial score (nSPS) is 10.8. The summed E-state index contributed by atoms with van der Waals surface area (Å²) in [5.41, 5.74) is 1.79. The molecule has 0 saturated heterocycles. The van der Waals surface area contributed by atoms with Gasteiger partial charge in [-0.05, 0) is 31.0 Å². The second-order valence-corrected chi connectivity index (χ2v) is 6.19. The number of aryl methyl sites for hydroxylation is 1. The molecule has 0 radical (unpaired) electrons. The van der Waals surface area contributed by atoms with Crippen molar-refractivity contribution in [2.75, 3.05) is 13.7 Å². The fourth-order valence-corrected chi connectivity index (χ4v) is 2.96. The van der Waals surface area contributed by atoms with Crippen LogP contribution in [0.4, 0.5) is 0 Å². The van der Waals surface area contributed by atoms with E-state index in [0.29, 0.717) is 13.0 Å². The van der Waals surface area contributed by atoms with Crippen molar-refractivity contribution in [3.05, 3.63) is 60.0 Å². The average Bonchev–Trinajstić information content (AvgIpc) is 3.08. The van der Waals surface area contributed by atoms with Crippen molar-refractivity contribution in [1.82, 2.24) is 19.9 Å². The molecule has 2 heterocycles. The van der Waals surface area contributed by atoms with Crippen LogP contribution in [0.15, 0.2) is 48.7 Å². The zero-order valence-electron chi connectivity index (χ0n) is 15.0. The van der Waals surface area contributed by atoms with E-state index >= 15 is 0 Å². The van der Waals surface area contributed by atoms with Crippen LogP contribution >= 0.6 is 0 Å². The highest BCUT2D eigenvalue weighted by atomic mass is 16.5. The topological polar surface area (TPSA) is 68.5 Å². The number of pyridine rings is 1. The molecular formula is C20H24N4O2. The maximum absolute atomic E-state index is 12.1. The van der Waals surface area contributed by atoms with Crippen molar-refractivity contribution < 1.29 is 9.53 Å². The van der Waals surface area contributed by atoms with Gasteiger partial charge in [-0.2, -0.15) is 0 Å². The van der Waals surface area contributed by atoms with Gasteiger partial charge in [0.15, 0.2) is 5.65 Å². The molecule has 1 aromatic carbocycles. The SMILES string of the molecule is COc1ccccc1CC(=O)NCCCCCc1nnc2ccccn12. The minimum absolute atomic E-state index is 0.0259. The van der Waals surface area contributed by atoms with Crippen LogP contribution in [0.1, 0.15) is 30.7 Å². The van der Waals surface area contributed by atoms with Crippen LogP contribution in [0.5, 0.6) is 5.75 Å². The van der Waals surface area contributed by atoms with E-state index < -0.39 is 0 Å². The fraction of sp³-hybridized carbons (Fsp3) is 0.350. The predicted octanol–water partition coefficient (Wildman–Crippen LogP) is 2.81. The Labute approximate surface area is 153 Å². The van der Waals surface area contributed by atoms with Crippen LogP contribution in [-0.4, -0.2) is 34.2 Å². The first-order chi connectivity index (χ1) is 12.8. The summed E-state index contributed by atoms with van der Waals surface area (Å²) in [4.78, 5) is 12.1. The molecule has 0 aliphatic carbocycles. The molecule has 1 amide bonds. The third kappa shape index (κ3) is 4.59. The molecule has 0 fully saturated rings. The van der Waals surface area contributed by atoms with Crippen molar-refractivity contribution in [3.8, 4) is 5.75 Å². The second kappa shape index (κ2) is 8.99. The highest BCUT2D eigenvalue weighted by molar-refractivity contribution is 5.79. The van der Waals surface area contributed by atoms with Crippen LogP contribution in [0.2, 0.25) is 0 Å². The Kier molecular flexibility index (Phi) is 6.19. The van der Waals surface area contributed by atoms with E-state index in [2.05, 4.69) is 15.5 Å². The van der Waals surface area contributed by atoms with E-state index in [1.54, 1.807) is 7.11 Å². The Morgan fingerprint density at radius 1 is 1.08 bits per heavy atom. The molecule has 0 atom stereocenters. The number of hydrogen-bond acceptors (Lipinski definition) is 4. The van der Waals surface area contributed by atoms with Crippen LogP contribution in [0.25, 0.3) is 5.65 Å². The Morgan fingerprint density at radius 2 is 1.92 bits per heavy atom. The molecule has 6 heteroatoms. The van der Waals surface area contributed by atoms with Crippen molar-refractivity contribution >= 4 is 11.6 Å². The van der Waals surface area contributed by atoms with Gasteiger partial charge in [0.2, 0.25) is 5.91 Å². The monoisotopic (exact) mass is 352 g/mol. The van der Waals surface area contributed by atoms with E-state index in [4.69, 9.17) is 4.74 Å². The third-order valence-corrected chi connectivity index (χ3v) is 4.33. The number of rotatable bonds is 9. The third-order valence-electron chi connectivity index (χ3n) is 4.33. The number of amides is 1. The van der Waals surface area contributed by atoms with Gasteiger partial charge in [-0.25, -0.2) is 0 Å². The number of fused-ring (bicyclic) bond motifs is 1. The molecule has 3 rings (SSSR count). The van der Waals surface area contributed by atoms with Crippen molar-refractivity contribution in [3.63, 3.8) is 0 Å². The number of aromatic nitrogens is 3. The second-order valence-electron chi connectivity index (χ2n) is 6.19. The Morgan fingerprint density at radius 3 is 2.81 bits per heavy atom. The lowest BCUT2D eigenvalue weighted by molar-refractivity contribution is -0.120. The summed E-state index contributed by atoms with van der Waals surface area (Å²) in [6, 6.07) is 13.5. The molecule has 0 spiro atoms. The molecule has 0 aliphatic rings. The first-order valence-corrected chi connectivity index (χ1v) is 8.95. The van der Waals surface area contributed by atoms with Gasteiger partial charge in [0, 0.05) is 24.7 Å². The van der Waals surface area contributed by atoms with E-state index in [1.807, 2.05) is 53.1 Å². The van der Waals surface area contributed by atoms with Crippen molar-refractivity contribution in [1.29, 1.82) is 0 Å². The van der Waals surface area contributed by atoms with Gasteiger partial charge in [0.1, 0.15) is 11.6 Å². The average molecular weight is 352 g/mol. The zero-order valence-corrected chi connectivity index (χ0v) is 15.0. The molecule has 0 bridgehead atoms. The van der Waals surface area contributed by atoms with E-state index in [9.17, 15) is 4.79 Å². The van der Waals surface area contributed by atoms with Crippen molar-refractivity contribution in [2.45, 2.75) is 32.1 Å². The van der Waals surface area contributed by atoms with Gasteiger partial charge in [-0.3, -0.25) is 9.20 Å². The number of benzene rings is 1. The number of carbonyl (C=O) groups is 1. The summed E-state index contributed by atoms with van der Waals surface area (Å²) in [6.45, 7) is 0.689. The molecule has 1 N–H and O–H groups in total. The van der Waals surface area contributed by atoms with E-state index in [0.717, 1.165) is 48.5 Å². The summed E-state index contributed by atoms with van der Waals surface area (Å²) in [7, 11) is 1.62. The smallest absolute Gasteiger partial charge is 0.224 e. The minimum Gasteiger partial charge on any atom is -0.496 e. The quantitative estimate of drug-likeness (QED) is 0.601. The lowest BCUT2D eigenvalue weighted by Gasteiger charge is -2.08.